The molecule has 1 amide bonds. The summed E-state index contributed by atoms with van der Waals surface area (Å²) in [6.07, 6.45) is 1.88. The highest BCUT2D eigenvalue weighted by Crippen LogP contribution is 2.40. The van der Waals surface area contributed by atoms with Gasteiger partial charge in [-0.3, -0.25) is 9.59 Å². The average Bonchev–Trinajstić information content (AvgIpc) is 2.86. The number of fused-ring (bicyclic) bond motifs is 1. The Morgan fingerprint density at radius 2 is 1.95 bits per heavy atom. The molecule has 6 heteroatoms. The SMILES string of the molecule is Cc1nccc(C(=O)NC2CC(C(=O)O)c3ccccc32)n1. The van der Waals surface area contributed by atoms with E-state index in [1.165, 1.54) is 12.3 Å². The van der Waals surface area contributed by atoms with Crippen LogP contribution in [0.25, 0.3) is 0 Å². The third-order valence-electron chi connectivity index (χ3n) is 3.83. The molecule has 0 fully saturated rings. The average molecular weight is 297 g/mol. The van der Waals surface area contributed by atoms with Crippen molar-refractivity contribution in [3.8, 4) is 0 Å². The molecule has 0 aliphatic heterocycles. The van der Waals surface area contributed by atoms with Gasteiger partial charge in [0.25, 0.3) is 5.91 Å². The van der Waals surface area contributed by atoms with Gasteiger partial charge in [-0.2, -0.15) is 0 Å². The molecular formula is C16H15N3O3. The Morgan fingerprint density at radius 1 is 1.23 bits per heavy atom. The number of carbonyl (C=O) groups excluding carboxylic acids is 1. The van der Waals surface area contributed by atoms with Crippen LogP contribution >= 0.6 is 0 Å². The van der Waals surface area contributed by atoms with E-state index in [1.807, 2.05) is 18.2 Å². The molecule has 1 heterocycles. The lowest BCUT2D eigenvalue weighted by Crippen LogP contribution is -2.28. The van der Waals surface area contributed by atoms with E-state index < -0.39 is 11.9 Å². The molecule has 1 aliphatic rings. The van der Waals surface area contributed by atoms with E-state index in [1.54, 1.807) is 13.0 Å². The lowest BCUT2D eigenvalue weighted by atomic mass is 10.0. The predicted octanol–water partition coefficient (Wildman–Crippen LogP) is 1.83. The number of nitrogens with zero attached hydrogens (tertiary/aromatic N) is 2. The Hall–Kier alpha value is -2.76. The van der Waals surface area contributed by atoms with Crippen molar-refractivity contribution in [2.45, 2.75) is 25.3 Å². The summed E-state index contributed by atoms with van der Waals surface area (Å²) in [6.45, 7) is 1.71. The smallest absolute Gasteiger partial charge is 0.311 e. The number of amides is 1. The first-order valence-electron chi connectivity index (χ1n) is 6.98. The second kappa shape index (κ2) is 5.55. The molecule has 112 valence electrons. The minimum Gasteiger partial charge on any atom is -0.481 e. The van der Waals surface area contributed by atoms with Crippen molar-refractivity contribution in [3.05, 3.63) is 59.2 Å². The molecule has 6 nitrogen and oxygen atoms in total. The van der Waals surface area contributed by atoms with Gasteiger partial charge in [0.05, 0.1) is 12.0 Å². The van der Waals surface area contributed by atoms with E-state index in [2.05, 4.69) is 15.3 Å². The van der Waals surface area contributed by atoms with Gasteiger partial charge in [0.1, 0.15) is 11.5 Å². The van der Waals surface area contributed by atoms with Crippen LogP contribution in [0.1, 0.15) is 45.8 Å². The number of aryl methyl sites for hydroxylation is 1. The van der Waals surface area contributed by atoms with Crippen molar-refractivity contribution in [2.75, 3.05) is 0 Å². The predicted molar refractivity (Wildman–Crippen MR) is 78.4 cm³/mol. The van der Waals surface area contributed by atoms with Gasteiger partial charge in [-0.05, 0) is 30.5 Å². The summed E-state index contributed by atoms with van der Waals surface area (Å²) in [5, 5.41) is 12.2. The third-order valence-corrected chi connectivity index (χ3v) is 3.83. The van der Waals surface area contributed by atoms with Crippen molar-refractivity contribution in [1.29, 1.82) is 0 Å². The quantitative estimate of drug-likeness (QED) is 0.901. The Kier molecular flexibility index (Phi) is 3.58. The van der Waals surface area contributed by atoms with Crippen molar-refractivity contribution in [1.82, 2.24) is 15.3 Å². The van der Waals surface area contributed by atoms with Crippen molar-refractivity contribution < 1.29 is 14.7 Å². The van der Waals surface area contributed by atoms with E-state index in [0.717, 1.165) is 11.1 Å². The Morgan fingerprint density at radius 3 is 2.64 bits per heavy atom. The Balaban J connectivity index is 1.85. The number of aliphatic carboxylic acids is 1. The van der Waals surface area contributed by atoms with Crippen LogP contribution in [-0.4, -0.2) is 27.0 Å². The molecule has 2 aromatic rings. The van der Waals surface area contributed by atoms with Gasteiger partial charge in [-0.15, -0.1) is 0 Å². The fourth-order valence-electron chi connectivity index (χ4n) is 2.82. The molecule has 2 unspecified atom stereocenters. The topological polar surface area (TPSA) is 92.2 Å². The van der Waals surface area contributed by atoms with Gasteiger partial charge >= 0.3 is 5.97 Å². The van der Waals surface area contributed by atoms with Gasteiger partial charge in [-0.1, -0.05) is 24.3 Å². The lowest BCUT2D eigenvalue weighted by molar-refractivity contribution is -0.138. The number of rotatable bonds is 3. The number of nitrogens with one attached hydrogen (secondary N) is 1. The molecule has 1 aromatic heterocycles. The molecule has 1 aliphatic carbocycles. The molecule has 0 radical (unpaired) electrons. The van der Waals surface area contributed by atoms with Crippen LogP contribution in [0.2, 0.25) is 0 Å². The molecule has 2 N–H and O–H groups in total. The summed E-state index contributed by atoms with van der Waals surface area (Å²) in [6, 6.07) is 8.53. The highest BCUT2D eigenvalue weighted by molar-refractivity contribution is 5.92. The van der Waals surface area contributed by atoms with Crippen LogP contribution in [0.5, 0.6) is 0 Å². The normalized spacial score (nSPS) is 19.5. The zero-order valence-corrected chi connectivity index (χ0v) is 12.0. The standard InChI is InChI=1S/C16H15N3O3/c1-9-17-7-6-13(18-9)15(20)19-14-8-12(16(21)22)10-4-2-3-5-11(10)14/h2-7,12,14H,8H2,1H3,(H,19,20)(H,21,22). The maximum absolute atomic E-state index is 12.3. The summed E-state index contributed by atoms with van der Waals surface area (Å²) in [5.41, 5.74) is 1.90. The molecule has 3 rings (SSSR count). The molecular weight excluding hydrogens is 282 g/mol. The number of carboxylic acids is 1. The minimum absolute atomic E-state index is 0.281. The van der Waals surface area contributed by atoms with Gasteiger partial charge in [-0.25, -0.2) is 9.97 Å². The van der Waals surface area contributed by atoms with Gasteiger partial charge < -0.3 is 10.4 Å². The molecule has 1 aromatic carbocycles. The zero-order valence-electron chi connectivity index (χ0n) is 12.0. The van der Waals surface area contributed by atoms with Gasteiger partial charge in [0, 0.05) is 6.20 Å². The highest BCUT2D eigenvalue weighted by Gasteiger charge is 2.36. The first kappa shape index (κ1) is 14.2. The van der Waals surface area contributed by atoms with E-state index in [9.17, 15) is 14.7 Å². The fourth-order valence-corrected chi connectivity index (χ4v) is 2.82. The summed E-state index contributed by atoms with van der Waals surface area (Å²) in [4.78, 5) is 31.7. The van der Waals surface area contributed by atoms with Crippen molar-refractivity contribution in [3.63, 3.8) is 0 Å². The number of benzene rings is 1. The zero-order chi connectivity index (χ0) is 15.7. The summed E-state index contributed by atoms with van der Waals surface area (Å²) in [5.74, 6) is -1.27. The maximum atomic E-state index is 12.3. The molecule has 0 bridgehead atoms. The number of carbonyl (C=O) groups is 2. The van der Waals surface area contributed by atoms with Crippen molar-refractivity contribution in [2.24, 2.45) is 0 Å². The first-order chi connectivity index (χ1) is 10.6. The lowest BCUT2D eigenvalue weighted by Gasteiger charge is -2.13. The maximum Gasteiger partial charge on any atom is 0.311 e. The summed E-state index contributed by atoms with van der Waals surface area (Å²) < 4.78 is 0. The summed E-state index contributed by atoms with van der Waals surface area (Å²) >= 11 is 0. The van der Waals surface area contributed by atoms with E-state index in [0.29, 0.717) is 12.2 Å². The van der Waals surface area contributed by atoms with Crippen LogP contribution in [0.15, 0.2) is 36.5 Å². The molecule has 2 atom stereocenters. The van der Waals surface area contributed by atoms with Gasteiger partial charge in [0.15, 0.2) is 0 Å². The third kappa shape index (κ3) is 2.55. The summed E-state index contributed by atoms with van der Waals surface area (Å²) in [7, 11) is 0. The second-order valence-corrected chi connectivity index (χ2v) is 5.27. The van der Waals surface area contributed by atoms with Crippen LogP contribution in [-0.2, 0) is 4.79 Å². The number of carboxylic acid groups (broad SMARTS) is 1. The fraction of sp³-hybridized carbons (Fsp3) is 0.250. The molecule has 0 spiro atoms. The van der Waals surface area contributed by atoms with Crippen LogP contribution in [0.4, 0.5) is 0 Å². The van der Waals surface area contributed by atoms with Gasteiger partial charge in [0.2, 0.25) is 0 Å². The second-order valence-electron chi connectivity index (χ2n) is 5.27. The van der Waals surface area contributed by atoms with E-state index in [4.69, 9.17) is 0 Å². The Labute approximate surface area is 127 Å². The van der Waals surface area contributed by atoms with E-state index >= 15 is 0 Å². The number of hydrogen-bond donors (Lipinski definition) is 2. The Bertz CT molecular complexity index is 745. The van der Waals surface area contributed by atoms with Crippen LogP contribution in [0.3, 0.4) is 0 Å². The number of hydrogen-bond acceptors (Lipinski definition) is 4. The largest absolute Gasteiger partial charge is 0.481 e. The number of aromatic nitrogens is 2. The molecule has 22 heavy (non-hydrogen) atoms. The minimum atomic E-state index is -0.873. The van der Waals surface area contributed by atoms with E-state index in [-0.39, 0.29) is 17.6 Å². The van der Waals surface area contributed by atoms with Crippen LogP contribution in [0, 0.1) is 6.92 Å². The van der Waals surface area contributed by atoms with Crippen molar-refractivity contribution >= 4 is 11.9 Å². The molecule has 0 saturated heterocycles. The first-order valence-corrected chi connectivity index (χ1v) is 6.98. The monoisotopic (exact) mass is 297 g/mol. The molecule has 0 saturated carbocycles. The van der Waals surface area contributed by atoms with Crippen LogP contribution < -0.4 is 5.32 Å². The highest BCUT2D eigenvalue weighted by atomic mass is 16.4.